The van der Waals surface area contributed by atoms with Crippen molar-refractivity contribution >= 4 is 11.7 Å². The van der Waals surface area contributed by atoms with Gasteiger partial charge in [0.2, 0.25) is 0 Å². The standard InChI is InChI=1S/C15H19NO3/c17-14(18)15(6-1-7-15)12-2-4-13(5-3-12)16-8-10-19-11-9-16/h2-5H,1,6-11H2,(H,17,18). The monoisotopic (exact) mass is 261 g/mol. The van der Waals surface area contributed by atoms with E-state index in [9.17, 15) is 9.90 Å². The average Bonchev–Trinajstić information content (AvgIpc) is 2.39. The first-order chi connectivity index (χ1) is 9.22. The molecule has 4 heteroatoms. The molecule has 102 valence electrons. The lowest BCUT2D eigenvalue weighted by atomic mass is 9.64. The molecule has 19 heavy (non-hydrogen) atoms. The molecule has 2 fully saturated rings. The smallest absolute Gasteiger partial charge is 0.314 e. The van der Waals surface area contributed by atoms with Gasteiger partial charge in [0, 0.05) is 18.8 Å². The second kappa shape index (κ2) is 4.85. The van der Waals surface area contributed by atoms with Gasteiger partial charge in [-0.15, -0.1) is 0 Å². The van der Waals surface area contributed by atoms with E-state index in [0.717, 1.165) is 56.8 Å². The number of ether oxygens (including phenoxy) is 1. The molecule has 0 spiro atoms. The molecule has 1 aliphatic heterocycles. The van der Waals surface area contributed by atoms with Crippen molar-refractivity contribution in [2.75, 3.05) is 31.2 Å². The van der Waals surface area contributed by atoms with Crippen molar-refractivity contribution < 1.29 is 14.6 Å². The van der Waals surface area contributed by atoms with Gasteiger partial charge >= 0.3 is 5.97 Å². The van der Waals surface area contributed by atoms with Gasteiger partial charge in [0.05, 0.1) is 18.6 Å². The number of carbonyl (C=O) groups is 1. The predicted molar refractivity (Wildman–Crippen MR) is 72.6 cm³/mol. The molecule has 0 radical (unpaired) electrons. The van der Waals surface area contributed by atoms with Crippen molar-refractivity contribution in [3.05, 3.63) is 29.8 Å². The summed E-state index contributed by atoms with van der Waals surface area (Å²) in [5.74, 6) is -0.683. The van der Waals surface area contributed by atoms with Crippen LogP contribution in [0.3, 0.4) is 0 Å². The highest BCUT2D eigenvalue weighted by Gasteiger charge is 2.45. The van der Waals surface area contributed by atoms with E-state index in [1.807, 2.05) is 24.3 Å². The third kappa shape index (κ3) is 2.10. The van der Waals surface area contributed by atoms with Gasteiger partial charge < -0.3 is 14.7 Å². The summed E-state index contributed by atoms with van der Waals surface area (Å²) in [7, 11) is 0. The molecule has 0 amide bonds. The predicted octanol–water partition coefficient (Wildman–Crippen LogP) is 2.03. The topological polar surface area (TPSA) is 49.8 Å². The highest BCUT2D eigenvalue weighted by molar-refractivity contribution is 5.82. The Hall–Kier alpha value is -1.55. The molecule has 1 aromatic rings. The first-order valence-corrected chi connectivity index (χ1v) is 6.89. The van der Waals surface area contributed by atoms with Crippen LogP contribution in [0, 0.1) is 0 Å². The third-order valence-electron chi connectivity index (χ3n) is 4.41. The molecule has 3 rings (SSSR count). The van der Waals surface area contributed by atoms with Crippen LogP contribution in [-0.2, 0) is 14.9 Å². The second-order valence-corrected chi connectivity index (χ2v) is 5.39. The molecule has 0 bridgehead atoms. The van der Waals surface area contributed by atoms with Crippen molar-refractivity contribution in [2.45, 2.75) is 24.7 Å². The van der Waals surface area contributed by atoms with Gasteiger partial charge in [-0.25, -0.2) is 0 Å². The molecule has 0 aromatic heterocycles. The molecule has 1 aromatic carbocycles. The highest BCUT2D eigenvalue weighted by atomic mass is 16.5. The van der Waals surface area contributed by atoms with E-state index in [1.54, 1.807) is 0 Å². The van der Waals surface area contributed by atoms with Crippen LogP contribution in [0.15, 0.2) is 24.3 Å². The molecule has 0 atom stereocenters. The zero-order chi connectivity index (χ0) is 13.3. The molecule has 1 N–H and O–H groups in total. The fourth-order valence-corrected chi connectivity index (χ4v) is 2.97. The van der Waals surface area contributed by atoms with E-state index >= 15 is 0 Å². The summed E-state index contributed by atoms with van der Waals surface area (Å²) in [5, 5.41) is 9.43. The average molecular weight is 261 g/mol. The maximum atomic E-state index is 11.5. The lowest BCUT2D eigenvalue weighted by molar-refractivity contribution is -0.147. The zero-order valence-electron chi connectivity index (χ0n) is 11.0. The Bertz CT molecular complexity index is 459. The summed E-state index contributed by atoms with van der Waals surface area (Å²) in [6.07, 6.45) is 2.54. The van der Waals surface area contributed by atoms with Crippen molar-refractivity contribution in [1.29, 1.82) is 0 Å². The Kier molecular flexibility index (Phi) is 3.19. The lowest BCUT2D eigenvalue weighted by Crippen LogP contribution is -2.42. The molecule has 0 unspecified atom stereocenters. The number of nitrogens with zero attached hydrogens (tertiary/aromatic N) is 1. The van der Waals surface area contributed by atoms with Crippen molar-refractivity contribution in [2.24, 2.45) is 0 Å². The van der Waals surface area contributed by atoms with Crippen LogP contribution in [0.4, 0.5) is 5.69 Å². The largest absolute Gasteiger partial charge is 0.481 e. The second-order valence-electron chi connectivity index (χ2n) is 5.39. The van der Waals surface area contributed by atoms with E-state index in [0.29, 0.717) is 0 Å². The molecular formula is C15H19NO3. The summed E-state index contributed by atoms with van der Waals surface area (Å²) in [6, 6.07) is 8.06. The van der Waals surface area contributed by atoms with Crippen LogP contribution < -0.4 is 4.90 Å². The van der Waals surface area contributed by atoms with E-state index < -0.39 is 11.4 Å². The van der Waals surface area contributed by atoms with Crippen molar-refractivity contribution in [3.63, 3.8) is 0 Å². The Morgan fingerprint density at radius 3 is 2.26 bits per heavy atom. The fraction of sp³-hybridized carbons (Fsp3) is 0.533. The molecule has 2 aliphatic rings. The van der Waals surface area contributed by atoms with Crippen LogP contribution in [0.1, 0.15) is 24.8 Å². The first-order valence-electron chi connectivity index (χ1n) is 6.89. The quantitative estimate of drug-likeness (QED) is 0.904. The summed E-state index contributed by atoms with van der Waals surface area (Å²) in [6.45, 7) is 3.34. The number of carboxylic acid groups (broad SMARTS) is 1. The number of morpholine rings is 1. The van der Waals surface area contributed by atoms with Crippen LogP contribution in [0.25, 0.3) is 0 Å². The van der Waals surface area contributed by atoms with E-state index in [2.05, 4.69) is 4.90 Å². The van der Waals surface area contributed by atoms with Gasteiger partial charge in [-0.05, 0) is 30.5 Å². The Morgan fingerprint density at radius 2 is 1.79 bits per heavy atom. The molecule has 1 aliphatic carbocycles. The maximum Gasteiger partial charge on any atom is 0.314 e. The first kappa shape index (κ1) is 12.5. The summed E-state index contributed by atoms with van der Waals surface area (Å²) in [4.78, 5) is 13.7. The Labute approximate surface area is 113 Å². The van der Waals surface area contributed by atoms with E-state index in [4.69, 9.17) is 4.74 Å². The maximum absolute atomic E-state index is 11.5. The summed E-state index contributed by atoms with van der Waals surface area (Å²) >= 11 is 0. The molecular weight excluding hydrogens is 242 g/mol. The van der Waals surface area contributed by atoms with Gasteiger partial charge in [0.1, 0.15) is 0 Å². The number of aliphatic carboxylic acids is 1. The Balaban J connectivity index is 1.80. The van der Waals surface area contributed by atoms with Gasteiger partial charge in [-0.2, -0.15) is 0 Å². The summed E-state index contributed by atoms with van der Waals surface area (Å²) in [5.41, 5.74) is 1.49. The van der Waals surface area contributed by atoms with Crippen LogP contribution >= 0.6 is 0 Å². The van der Waals surface area contributed by atoms with Crippen LogP contribution in [0.2, 0.25) is 0 Å². The molecule has 4 nitrogen and oxygen atoms in total. The minimum Gasteiger partial charge on any atom is -0.481 e. The van der Waals surface area contributed by atoms with E-state index in [1.165, 1.54) is 0 Å². The summed E-state index contributed by atoms with van der Waals surface area (Å²) < 4.78 is 5.34. The highest BCUT2D eigenvalue weighted by Crippen LogP contribution is 2.44. The van der Waals surface area contributed by atoms with Crippen molar-refractivity contribution in [3.8, 4) is 0 Å². The van der Waals surface area contributed by atoms with Crippen LogP contribution in [0.5, 0.6) is 0 Å². The normalized spacial score (nSPS) is 21.8. The van der Waals surface area contributed by atoms with Gasteiger partial charge in [0.15, 0.2) is 0 Å². The minimum absolute atomic E-state index is 0.621. The number of carboxylic acids is 1. The lowest BCUT2D eigenvalue weighted by Gasteiger charge is -2.38. The third-order valence-corrected chi connectivity index (χ3v) is 4.41. The Morgan fingerprint density at radius 1 is 1.16 bits per heavy atom. The van der Waals surface area contributed by atoms with Crippen molar-refractivity contribution in [1.82, 2.24) is 0 Å². The number of hydrogen-bond donors (Lipinski definition) is 1. The fourth-order valence-electron chi connectivity index (χ4n) is 2.97. The van der Waals surface area contributed by atoms with Crippen LogP contribution in [-0.4, -0.2) is 37.4 Å². The van der Waals surface area contributed by atoms with Gasteiger partial charge in [-0.3, -0.25) is 4.79 Å². The van der Waals surface area contributed by atoms with Gasteiger partial charge in [-0.1, -0.05) is 18.6 Å². The minimum atomic E-state index is -0.683. The molecule has 1 saturated carbocycles. The number of rotatable bonds is 3. The number of hydrogen-bond acceptors (Lipinski definition) is 3. The van der Waals surface area contributed by atoms with Gasteiger partial charge in [0.25, 0.3) is 0 Å². The zero-order valence-corrected chi connectivity index (χ0v) is 11.0. The SMILES string of the molecule is O=C(O)C1(c2ccc(N3CCOCC3)cc2)CCC1. The number of anilines is 1. The van der Waals surface area contributed by atoms with E-state index in [-0.39, 0.29) is 0 Å². The number of benzene rings is 1. The molecule has 1 heterocycles. The molecule has 1 saturated heterocycles.